The van der Waals surface area contributed by atoms with Gasteiger partial charge in [-0.25, -0.2) is 4.79 Å². The molecular weight excluding hydrogens is 444 g/mol. The maximum Gasteiger partial charge on any atom is 0.336 e. The molecule has 1 fully saturated rings. The summed E-state index contributed by atoms with van der Waals surface area (Å²) in [6, 6.07) is 13.3. The molecular formula is C28H32N2O5. The lowest BCUT2D eigenvalue weighted by Gasteiger charge is -2.30. The van der Waals surface area contributed by atoms with Gasteiger partial charge < -0.3 is 18.8 Å². The standard InChI is InChI=1S/C28H32N2O5/c1-2-6-21-19-25(31)35-27-22(21)10-11-24(34-18-15-29-13-16-33-17-14-29)26(27)28(32)30-12-5-8-20-7-3-4-9-23(20)30/h3-4,7,9-11,19H,2,5-6,8,12-18H2,1H3. The molecule has 0 radical (unpaired) electrons. The van der Waals surface area contributed by atoms with Crippen LogP contribution < -0.4 is 15.3 Å². The van der Waals surface area contributed by atoms with Crippen molar-refractivity contribution in [2.75, 3.05) is 50.9 Å². The summed E-state index contributed by atoms with van der Waals surface area (Å²) in [7, 11) is 0. The number of aryl methyl sites for hydroxylation is 2. The molecule has 7 heteroatoms. The number of rotatable bonds is 7. The van der Waals surface area contributed by atoms with E-state index in [-0.39, 0.29) is 5.91 Å². The van der Waals surface area contributed by atoms with Crippen LogP contribution in [0.15, 0.2) is 51.7 Å². The topological polar surface area (TPSA) is 72.2 Å². The van der Waals surface area contributed by atoms with Crippen LogP contribution in [0.1, 0.15) is 41.3 Å². The van der Waals surface area contributed by atoms with Gasteiger partial charge in [-0.1, -0.05) is 31.5 Å². The fourth-order valence-corrected chi connectivity index (χ4v) is 5.06. The molecule has 1 amide bonds. The van der Waals surface area contributed by atoms with Crippen LogP contribution in [0.25, 0.3) is 11.0 Å². The lowest BCUT2D eigenvalue weighted by Crippen LogP contribution is -2.39. The number of anilines is 1. The van der Waals surface area contributed by atoms with Gasteiger partial charge in [0, 0.05) is 43.3 Å². The molecule has 2 aromatic carbocycles. The summed E-state index contributed by atoms with van der Waals surface area (Å²) in [5.74, 6) is 0.261. The van der Waals surface area contributed by atoms with E-state index in [0.717, 1.165) is 80.7 Å². The molecule has 7 nitrogen and oxygen atoms in total. The largest absolute Gasteiger partial charge is 0.491 e. The van der Waals surface area contributed by atoms with Crippen molar-refractivity contribution < 1.29 is 18.7 Å². The number of fused-ring (bicyclic) bond motifs is 2. The summed E-state index contributed by atoms with van der Waals surface area (Å²) in [6.07, 6.45) is 3.44. The molecule has 2 aliphatic heterocycles. The number of carbonyl (C=O) groups is 1. The Kier molecular flexibility index (Phi) is 7.16. The molecule has 1 saturated heterocycles. The predicted molar refractivity (Wildman–Crippen MR) is 136 cm³/mol. The van der Waals surface area contributed by atoms with Gasteiger partial charge in [0.2, 0.25) is 0 Å². The van der Waals surface area contributed by atoms with Crippen molar-refractivity contribution in [2.45, 2.75) is 32.6 Å². The summed E-state index contributed by atoms with van der Waals surface area (Å²) >= 11 is 0. The Hall–Kier alpha value is -3.16. The summed E-state index contributed by atoms with van der Waals surface area (Å²) in [6.45, 7) is 7.03. The highest BCUT2D eigenvalue weighted by atomic mass is 16.5. The number of benzene rings is 2. The minimum absolute atomic E-state index is 0.194. The number of ether oxygens (including phenoxy) is 2. The van der Waals surface area contributed by atoms with Crippen LogP contribution in [0.4, 0.5) is 5.69 Å². The van der Waals surface area contributed by atoms with Gasteiger partial charge in [0.15, 0.2) is 5.58 Å². The van der Waals surface area contributed by atoms with Gasteiger partial charge in [-0.15, -0.1) is 0 Å². The Bertz CT molecular complexity index is 1260. The number of morpholine rings is 1. The first-order valence-electron chi connectivity index (χ1n) is 12.6. The van der Waals surface area contributed by atoms with Gasteiger partial charge in [0.05, 0.1) is 13.2 Å². The van der Waals surface area contributed by atoms with Crippen LogP contribution in [-0.4, -0.2) is 56.8 Å². The fraction of sp³-hybridized carbons (Fsp3) is 0.429. The Morgan fingerprint density at radius 3 is 2.74 bits per heavy atom. The molecule has 0 atom stereocenters. The van der Waals surface area contributed by atoms with E-state index < -0.39 is 5.63 Å². The highest BCUT2D eigenvalue weighted by Gasteiger charge is 2.29. The third-order valence-corrected chi connectivity index (χ3v) is 6.82. The first-order chi connectivity index (χ1) is 17.2. The van der Waals surface area contributed by atoms with Crippen LogP contribution in [0, 0.1) is 0 Å². The van der Waals surface area contributed by atoms with Gasteiger partial charge in [-0.05, 0) is 48.6 Å². The summed E-state index contributed by atoms with van der Waals surface area (Å²) in [5, 5.41) is 0.792. The number of hydrogen-bond donors (Lipinski definition) is 0. The maximum absolute atomic E-state index is 14.1. The van der Waals surface area contributed by atoms with E-state index in [1.165, 1.54) is 6.07 Å². The molecule has 3 aromatic rings. The lowest BCUT2D eigenvalue weighted by molar-refractivity contribution is 0.0322. The monoisotopic (exact) mass is 476 g/mol. The van der Waals surface area contributed by atoms with Gasteiger partial charge in [-0.2, -0.15) is 0 Å². The van der Waals surface area contributed by atoms with Crippen LogP contribution in [-0.2, 0) is 17.6 Å². The van der Waals surface area contributed by atoms with E-state index in [0.29, 0.717) is 30.0 Å². The SMILES string of the molecule is CCCc1cc(=O)oc2c(C(=O)N3CCCc4ccccc43)c(OCCN3CCOCC3)ccc12. The van der Waals surface area contributed by atoms with Crippen molar-refractivity contribution in [1.82, 2.24) is 4.90 Å². The zero-order chi connectivity index (χ0) is 24.2. The summed E-state index contributed by atoms with van der Waals surface area (Å²) < 4.78 is 17.3. The van der Waals surface area contributed by atoms with E-state index in [2.05, 4.69) is 17.9 Å². The second-order valence-electron chi connectivity index (χ2n) is 9.15. The lowest BCUT2D eigenvalue weighted by atomic mass is 9.98. The molecule has 1 aromatic heterocycles. The van der Waals surface area contributed by atoms with Crippen LogP contribution in [0.5, 0.6) is 5.75 Å². The van der Waals surface area contributed by atoms with Gasteiger partial charge in [0.25, 0.3) is 5.91 Å². The summed E-state index contributed by atoms with van der Waals surface area (Å²) in [5.41, 5.74) is 3.16. The minimum Gasteiger partial charge on any atom is -0.491 e. The third-order valence-electron chi connectivity index (χ3n) is 6.82. The van der Waals surface area contributed by atoms with Crippen molar-refractivity contribution >= 4 is 22.6 Å². The smallest absolute Gasteiger partial charge is 0.336 e. The minimum atomic E-state index is -0.445. The summed E-state index contributed by atoms with van der Waals surface area (Å²) in [4.78, 5) is 30.7. The van der Waals surface area contributed by atoms with Crippen molar-refractivity contribution in [3.63, 3.8) is 0 Å². The van der Waals surface area contributed by atoms with Crippen molar-refractivity contribution in [3.8, 4) is 5.75 Å². The first kappa shape index (κ1) is 23.6. The van der Waals surface area contributed by atoms with E-state index >= 15 is 0 Å². The molecule has 0 unspecified atom stereocenters. The second-order valence-corrected chi connectivity index (χ2v) is 9.15. The third kappa shape index (κ3) is 4.97. The molecule has 0 saturated carbocycles. The van der Waals surface area contributed by atoms with E-state index in [1.54, 1.807) is 4.90 Å². The fourth-order valence-electron chi connectivity index (χ4n) is 5.06. The van der Waals surface area contributed by atoms with Crippen molar-refractivity contribution in [2.24, 2.45) is 0 Å². The van der Waals surface area contributed by atoms with Crippen molar-refractivity contribution in [1.29, 1.82) is 0 Å². The zero-order valence-corrected chi connectivity index (χ0v) is 20.3. The van der Waals surface area contributed by atoms with E-state index in [1.807, 2.05) is 30.3 Å². The average molecular weight is 477 g/mol. The highest BCUT2D eigenvalue weighted by Crippen LogP contribution is 2.34. The van der Waals surface area contributed by atoms with E-state index in [4.69, 9.17) is 13.9 Å². The number of hydrogen-bond acceptors (Lipinski definition) is 6. The molecule has 0 N–H and O–H groups in total. The molecule has 0 aliphatic carbocycles. The van der Waals surface area contributed by atoms with Crippen molar-refractivity contribution in [3.05, 3.63) is 69.6 Å². The van der Waals surface area contributed by atoms with Crippen LogP contribution in [0.2, 0.25) is 0 Å². The number of nitrogens with zero attached hydrogens (tertiary/aromatic N) is 2. The molecule has 5 rings (SSSR count). The molecule has 184 valence electrons. The second kappa shape index (κ2) is 10.6. The number of amides is 1. The van der Waals surface area contributed by atoms with Gasteiger partial charge in [0.1, 0.15) is 17.9 Å². The highest BCUT2D eigenvalue weighted by molar-refractivity contribution is 6.15. The Morgan fingerprint density at radius 1 is 1.09 bits per heavy atom. The first-order valence-corrected chi connectivity index (χ1v) is 12.6. The van der Waals surface area contributed by atoms with Crippen LogP contribution in [0.3, 0.4) is 0 Å². The Labute approximate surface area is 205 Å². The number of carbonyl (C=O) groups excluding carboxylic acids is 1. The Balaban J connectivity index is 1.55. The maximum atomic E-state index is 14.1. The van der Waals surface area contributed by atoms with E-state index in [9.17, 15) is 9.59 Å². The number of para-hydroxylation sites is 1. The zero-order valence-electron chi connectivity index (χ0n) is 20.3. The Morgan fingerprint density at radius 2 is 1.91 bits per heavy atom. The molecule has 0 bridgehead atoms. The normalized spacial score (nSPS) is 16.3. The molecule has 35 heavy (non-hydrogen) atoms. The van der Waals surface area contributed by atoms with Gasteiger partial charge in [-0.3, -0.25) is 9.69 Å². The quantitative estimate of drug-likeness (QED) is 0.479. The molecule has 0 spiro atoms. The molecule has 2 aliphatic rings. The predicted octanol–water partition coefficient (Wildman–Crippen LogP) is 4.05. The average Bonchev–Trinajstić information content (AvgIpc) is 2.88. The van der Waals surface area contributed by atoms with Gasteiger partial charge >= 0.3 is 5.63 Å². The molecule has 3 heterocycles. The van der Waals surface area contributed by atoms with Crippen LogP contribution >= 0.6 is 0 Å².